The molecule has 0 fully saturated rings. The highest BCUT2D eigenvalue weighted by molar-refractivity contribution is 5.72. The smallest absolute Gasteiger partial charge is 0.332 e. The molecule has 160 valence electrons. The third kappa shape index (κ3) is 19.7. The number of carbonyl (C=O) groups is 1. The van der Waals surface area contributed by atoms with Crippen molar-refractivity contribution in [2.75, 3.05) is 7.11 Å². The van der Waals surface area contributed by atoms with Crippen LogP contribution in [0.5, 0.6) is 0 Å². The number of aliphatic carboxylic acids is 1. The van der Waals surface area contributed by atoms with Crippen molar-refractivity contribution in [2.24, 2.45) is 0 Å². The third-order valence-corrected chi connectivity index (χ3v) is 5.29. The van der Waals surface area contributed by atoms with Crippen molar-refractivity contribution in [3.63, 3.8) is 0 Å². The topological polar surface area (TPSA) is 46.5 Å². The van der Waals surface area contributed by atoms with E-state index in [9.17, 15) is 4.79 Å². The highest BCUT2D eigenvalue weighted by Gasteiger charge is 2.14. The molecule has 0 saturated heterocycles. The van der Waals surface area contributed by atoms with Crippen LogP contribution < -0.4 is 0 Å². The fourth-order valence-corrected chi connectivity index (χ4v) is 3.45. The van der Waals surface area contributed by atoms with Crippen molar-refractivity contribution >= 4 is 5.97 Å². The number of methoxy groups -OCH3 is 1. The van der Waals surface area contributed by atoms with Gasteiger partial charge >= 0.3 is 5.97 Å². The first kappa shape index (κ1) is 26.2. The Kier molecular flexibility index (Phi) is 20.8. The van der Waals surface area contributed by atoms with Crippen LogP contribution in [-0.2, 0) is 9.53 Å². The summed E-state index contributed by atoms with van der Waals surface area (Å²) in [4.78, 5) is 10.8. The summed E-state index contributed by atoms with van der Waals surface area (Å²) < 4.78 is 4.95. The Labute approximate surface area is 169 Å². The highest BCUT2D eigenvalue weighted by Crippen LogP contribution is 2.14. The minimum Gasteiger partial charge on any atom is -0.479 e. The average molecular weight is 383 g/mol. The molecule has 0 rings (SSSR count). The monoisotopic (exact) mass is 382 g/mol. The third-order valence-electron chi connectivity index (χ3n) is 5.29. The van der Waals surface area contributed by atoms with Crippen LogP contribution in [0.15, 0.2) is 12.2 Å². The van der Waals surface area contributed by atoms with E-state index in [0.29, 0.717) is 6.42 Å². The van der Waals surface area contributed by atoms with Crippen LogP contribution >= 0.6 is 0 Å². The molecule has 0 aliphatic carbocycles. The van der Waals surface area contributed by atoms with Crippen LogP contribution in [-0.4, -0.2) is 24.3 Å². The zero-order chi connectivity index (χ0) is 20.0. The van der Waals surface area contributed by atoms with E-state index in [1.807, 2.05) is 0 Å². The van der Waals surface area contributed by atoms with Crippen LogP contribution in [0.25, 0.3) is 0 Å². The normalized spacial score (nSPS) is 12.7. The van der Waals surface area contributed by atoms with E-state index in [2.05, 4.69) is 19.1 Å². The first-order chi connectivity index (χ1) is 13.2. The largest absolute Gasteiger partial charge is 0.479 e. The number of rotatable bonds is 21. The van der Waals surface area contributed by atoms with Gasteiger partial charge in [-0.1, -0.05) is 103 Å². The van der Waals surface area contributed by atoms with Gasteiger partial charge in [0.25, 0.3) is 0 Å². The lowest BCUT2D eigenvalue weighted by atomic mass is 10.0. The summed E-state index contributed by atoms with van der Waals surface area (Å²) in [6.45, 7) is 2.26. The molecule has 1 atom stereocenters. The maximum Gasteiger partial charge on any atom is 0.332 e. The Morgan fingerprint density at radius 2 is 1.15 bits per heavy atom. The zero-order valence-corrected chi connectivity index (χ0v) is 18.2. The summed E-state index contributed by atoms with van der Waals surface area (Å²) in [5.74, 6) is -0.837. The van der Waals surface area contributed by atoms with Crippen LogP contribution in [0.1, 0.15) is 122 Å². The maximum absolute atomic E-state index is 10.8. The van der Waals surface area contributed by atoms with Crippen molar-refractivity contribution < 1.29 is 14.6 Å². The van der Waals surface area contributed by atoms with Crippen molar-refractivity contribution in [3.8, 4) is 0 Å². The Balaban J connectivity index is 3.17. The highest BCUT2D eigenvalue weighted by atomic mass is 16.5. The van der Waals surface area contributed by atoms with Gasteiger partial charge in [-0.3, -0.25) is 0 Å². The molecule has 0 aromatic carbocycles. The molecule has 0 bridgehead atoms. The molecular weight excluding hydrogens is 336 g/mol. The van der Waals surface area contributed by atoms with Gasteiger partial charge < -0.3 is 9.84 Å². The Morgan fingerprint density at radius 3 is 1.56 bits per heavy atom. The summed E-state index contributed by atoms with van der Waals surface area (Å²) in [5.41, 5.74) is 0. The van der Waals surface area contributed by atoms with Gasteiger partial charge in [-0.15, -0.1) is 0 Å². The summed E-state index contributed by atoms with van der Waals surface area (Å²) >= 11 is 0. The van der Waals surface area contributed by atoms with E-state index in [0.717, 1.165) is 12.8 Å². The lowest BCUT2D eigenvalue weighted by Crippen LogP contribution is -2.21. The molecule has 0 aliphatic heterocycles. The van der Waals surface area contributed by atoms with Crippen LogP contribution in [0, 0.1) is 0 Å². The van der Waals surface area contributed by atoms with Crippen molar-refractivity contribution in [1.29, 1.82) is 0 Å². The molecule has 3 nitrogen and oxygen atoms in total. The lowest BCUT2D eigenvalue weighted by Gasteiger charge is -2.09. The average Bonchev–Trinajstić information content (AvgIpc) is 2.66. The molecule has 27 heavy (non-hydrogen) atoms. The Morgan fingerprint density at radius 1 is 0.741 bits per heavy atom. The molecule has 0 amide bonds. The number of unbranched alkanes of at least 4 members (excludes halogenated alkanes) is 15. The summed E-state index contributed by atoms with van der Waals surface area (Å²) in [7, 11) is 1.48. The van der Waals surface area contributed by atoms with E-state index in [-0.39, 0.29) is 0 Å². The van der Waals surface area contributed by atoms with Gasteiger partial charge in [0.15, 0.2) is 6.10 Å². The Bertz CT molecular complexity index is 339. The number of hydrogen-bond donors (Lipinski definition) is 1. The fourth-order valence-electron chi connectivity index (χ4n) is 3.45. The molecule has 1 N–H and O–H groups in total. The van der Waals surface area contributed by atoms with E-state index in [1.54, 1.807) is 0 Å². The SMILES string of the molecule is CCCCCCC=CCCCCCCCCCCCCCC(OC)C(=O)O. The second-order valence-electron chi connectivity index (χ2n) is 7.85. The van der Waals surface area contributed by atoms with Crippen molar-refractivity contribution in [1.82, 2.24) is 0 Å². The van der Waals surface area contributed by atoms with Crippen LogP contribution in [0.2, 0.25) is 0 Å². The molecule has 3 heteroatoms. The predicted molar refractivity (Wildman–Crippen MR) is 116 cm³/mol. The Hall–Kier alpha value is -0.830. The first-order valence-electron chi connectivity index (χ1n) is 11.6. The zero-order valence-electron chi connectivity index (χ0n) is 18.2. The van der Waals surface area contributed by atoms with Crippen molar-refractivity contribution in [3.05, 3.63) is 12.2 Å². The molecule has 0 radical (unpaired) electrons. The number of carboxylic acid groups (broad SMARTS) is 1. The second-order valence-corrected chi connectivity index (χ2v) is 7.85. The number of hydrogen-bond acceptors (Lipinski definition) is 2. The second kappa shape index (κ2) is 21.5. The van der Waals surface area contributed by atoms with Crippen molar-refractivity contribution in [2.45, 2.75) is 129 Å². The molecule has 0 saturated carbocycles. The van der Waals surface area contributed by atoms with Gasteiger partial charge in [0.1, 0.15) is 0 Å². The molecule has 0 spiro atoms. The molecule has 0 heterocycles. The summed E-state index contributed by atoms with van der Waals surface area (Å²) in [5, 5.41) is 8.90. The van der Waals surface area contributed by atoms with Gasteiger partial charge in [-0.2, -0.15) is 0 Å². The van der Waals surface area contributed by atoms with Crippen LogP contribution in [0.4, 0.5) is 0 Å². The van der Waals surface area contributed by atoms with Crippen LogP contribution in [0.3, 0.4) is 0 Å². The van der Waals surface area contributed by atoms with Gasteiger partial charge in [-0.05, 0) is 32.1 Å². The molecule has 1 unspecified atom stereocenters. The lowest BCUT2D eigenvalue weighted by molar-refractivity contribution is -0.148. The summed E-state index contributed by atoms with van der Waals surface area (Å²) in [6.07, 6.45) is 26.9. The molecule has 0 aliphatic rings. The minimum absolute atomic E-state index is 0.619. The maximum atomic E-state index is 10.8. The van der Waals surface area contributed by atoms with E-state index < -0.39 is 12.1 Å². The predicted octanol–water partition coefficient (Wildman–Crippen LogP) is 7.68. The molecule has 0 aromatic heterocycles. The summed E-state index contributed by atoms with van der Waals surface area (Å²) in [6, 6.07) is 0. The minimum atomic E-state index is -0.837. The van der Waals surface area contributed by atoms with E-state index in [1.165, 1.54) is 103 Å². The number of carboxylic acids is 1. The van der Waals surface area contributed by atoms with Gasteiger partial charge in [-0.25, -0.2) is 4.79 Å². The quantitative estimate of drug-likeness (QED) is 0.163. The van der Waals surface area contributed by atoms with E-state index >= 15 is 0 Å². The first-order valence-corrected chi connectivity index (χ1v) is 11.6. The number of allylic oxidation sites excluding steroid dienone is 2. The van der Waals surface area contributed by atoms with Gasteiger partial charge in [0.2, 0.25) is 0 Å². The molecular formula is C24H46O3. The fraction of sp³-hybridized carbons (Fsp3) is 0.875. The van der Waals surface area contributed by atoms with Gasteiger partial charge in [0, 0.05) is 7.11 Å². The number of ether oxygens (including phenoxy) is 1. The molecule has 0 aromatic rings. The van der Waals surface area contributed by atoms with E-state index in [4.69, 9.17) is 9.84 Å². The van der Waals surface area contributed by atoms with Gasteiger partial charge in [0.05, 0.1) is 0 Å². The standard InChI is InChI=1S/C24H46O3/c1-3-4-5-6-7-8-9-10-11-12-13-14-15-16-17-18-19-20-21-22-23(27-2)24(25)26/h8-9,23H,3-7,10-22H2,1-2H3,(H,25,26).